The molecule has 0 bridgehead atoms. The van der Waals surface area contributed by atoms with Crippen LogP contribution in [0.2, 0.25) is 0 Å². The number of nitrogens with zero attached hydrogens (tertiary/aromatic N) is 2. The average molecular weight is 364 g/mol. The number of hydrogen-bond acceptors (Lipinski definition) is 4. The molecule has 1 aromatic rings. The molecule has 5 nitrogen and oxygen atoms in total. The van der Waals surface area contributed by atoms with Crippen molar-refractivity contribution in [3.8, 4) is 0 Å². The quantitative estimate of drug-likeness (QED) is 0.790. The molecule has 1 aromatic heterocycles. The van der Waals surface area contributed by atoms with Gasteiger partial charge in [0.1, 0.15) is 0 Å². The first-order valence-electron chi connectivity index (χ1n) is 9.54. The number of hydrogen-bond donors (Lipinski definition) is 1. The van der Waals surface area contributed by atoms with Crippen molar-refractivity contribution in [1.82, 2.24) is 15.2 Å². The van der Waals surface area contributed by atoms with Crippen molar-refractivity contribution >= 4 is 23.2 Å². The average Bonchev–Trinajstić information content (AvgIpc) is 3.22. The Balaban J connectivity index is 1.42. The number of rotatable bonds is 6. The maximum atomic E-state index is 12.5. The van der Waals surface area contributed by atoms with Crippen molar-refractivity contribution in [2.24, 2.45) is 5.92 Å². The van der Waals surface area contributed by atoms with Gasteiger partial charge in [-0.1, -0.05) is 12.8 Å². The van der Waals surface area contributed by atoms with Crippen LogP contribution in [0.5, 0.6) is 0 Å². The molecule has 3 rings (SSSR count). The van der Waals surface area contributed by atoms with Crippen LogP contribution in [0.25, 0.3) is 0 Å². The highest BCUT2D eigenvalue weighted by Gasteiger charge is 2.34. The molecule has 0 unspecified atom stereocenters. The second-order valence-electron chi connectivity index (χ2n) is 7.36. The molecule has 0 radical (unpaired) electrons. The zero-order chi connectivity index (χ0) is 17.8. The lowest BCUT2D eigenvalue weighted by Gasteiger charge is -2.36. The standard InChI is InChI=1S/C19H29N3O2S/c1-13-14(2)25-17(21-13)8-5-11-20-19(24)15-9-10-18(23)22(12-15)16-6-3-4-7-16/h15-16H,3-12H2,1-2H3,(H,20,24)/t15-/m0/s1. The maximum Gasteiger partial charge on any atom is 0.224 e. The fourth-order valence-corrected chi connectivity index (χ4v) is 4.87. The number of thiazole rings is 1. The lowest BCUT2D eigenvalue weighted by Crippen LogP contribution is -2.49. The molecule has 1 atom stereocenters. The van der Waals surface area contributed by atoms with E-state index in [1.54, 1.807) is 11.3 Å². The van der Waals surface area contributed by atoms with Crippen LogP contribution in [0.15, 0.2) is 0 Å². The number of carbonyl (C=O) groups is 2. The molecular weight excluding hydrogens is 334 g/mol. The van der Waals surface area contributed by atoms with Crippen LogP contribution < -0.4 is 5.32 Å². The monoisotopic (exact) mass is 363 g/mol. The largest absolute Gasteiger partial charge is 0.356 e. The molecule has 0 aromatic carbocycles. The van der Waals surface area contributed by atoms with Crippen molar-refractivity contribution in [2.75, 3.05) is 13.1 Å². The van der Waals surface area contributed by atoms with Gasteiger partial charge in [0.05, 0.1) is 16.6 Å². The van der Waals surface area contributed by atoms with E-state index < -0.39 is 0 Å². The number of likely N-dealkylation sites (tertiary alicyclic amines) is 1. The Morgan fingerprint density at radius 3 is 2.72 bits per heavy atom. The SMILES string of the molecule is Cc1nc(CCCNC(=O)[C@H]2CCC(=O)N(C3CCCC3)C2)sc1C. The van der Waals surface area contributed by atoms with Crippen LogP contribution in [0.4, 0.5) is 0 Å². The molecule has 2 aliphatic rings. The number of aryl methyl sites for hydroxylation is 3. The predicted molar refractivity (Wildman–Crippen MR) is 99.6 cm³/mol. The Morgan fingerprint density at radius 1 is 1.28 bits per heavy atom. The van der Waals surface area contributed by atoms with E-state index in [-0.39, 0.29) is 17.7 Å². The first kappa shape index (κ1) is 18.4. The van der Waals surface area contributed by atoms with Gasteiger partial charge in [-0.05, 0) is 39.5 Å². The predicted octanol–water partition coefficient (Wildman–Crippen LogP) is 2.99. The van der Waals surface area contributed by atoms with Gasteiger partial charge in [-0.25, -0.2) is 4.98 Å². The highest BCUT2D eigenvalue weighted by atomic mass is 32.1. The van der Waals surface area contributed by atoms with Gasteiger partial charge < -0.3 is 10.2 Å². The second-order valence-corrected chi connectivity index (χ2v) is 8.65. The van der Waals surface area contributed by atoms with E-state index in [1.807, 2.05) is 11.8 Å². The molecule has 1 saturated carbocycles. The topological polar surface area (TPSA) is 62.3 Å². The molecule has 1 aliphatic heterocycles. The number of carbonyl (C=O) groups excluding carboxylic acids is 2. The van der Waals surface area contributed by atoms with Gasteiger partial charge in [0.2, 0.25) is 11.8 Å². The zero-order valence-corrected chi connectivity index (χ0v) is 16.2. The molecule has 0 spiro atoms. The van der Waals surface area contributed by atoms with Crippen molar-refractivity contribution in [1.29, 1.82) is 0 Å². The Hall–Kier alpha value is -1.43. The lowest BCUT2D eigenvalue weighted by atomic mass is 9.95. The molecule has 1 N–H and O–H groups in total. The van der Waals surface area contributed by atoms with Gasteiger partial charge in [0.25, 0.3) is 0 Å². The Bertz CT molecular complexity index is 603. The van der Waals surface area contributed by atoms with Crippen molar-refractivity contribution in [3.63, 3.8) is 0 Å². The summed E-state index contributed by atoms with van der Waals surface area (Å²) in [6, 6.07) is 0.375. The normalized spacial score (nSPS) is 21.8. The molecule has 2 heterocycles. The second kappa shape index (κ2) is 8.30. The minimum Gasteiger partial charge on any atom is -0.356 e. The summed E-state index contributed by atoms with van der Waals surface area (Å²) in [7, 11) is 0. The smallest absolute Gasteiger partial charge is 0.224 e. The van der Waals surface area contributed by atoms with Crippen LogP contribution >= 0.6 is 11.3 Å². The van der Waals surface area contributed by atoms with Crippen molar-refractivity contribution in [3.05, 3.63) is 15.6 Å². The van der Waals surface area contributed by atoms with E-state index in [0.717, 1.165) is 36.4 Å². The molecule has 6 heteroatoms. The first-order chi connectivity index (χ1) is 12.0. The van der Waals surface area contributed by atoms with Gasteiger partial charge in [-0.3, -0.25) is 9.59 Å². The summed E-state index contributed by atoms with van der Waals surface area (Å²) in [6.45, 7) is 5.43. The summed E-state index contributed by atoms with van der Waals surface area (Å²) in [4.78, 5) is 32.5. The summed E-state index contributed by atoms with van der Waals surface area (Å²) < 4.78 is 0. The Morgan fingerprint density at radius 2 is 2.04 bits per heavy atom. The van der Waals surface area contributed by atoms with E-state index in [1.165, 1.54) is 17.7 Å². The molecule has 1 aliphatic carbocycles. The van der Waals surface area contributed by atoms with E-state index >= 15 is 0 Å². The van der Waals surface area contributed by atoms with E-state index in [4.69, 9.17) is 0 Å². The van der Waals surface area contributed by atoms with Gasteiger partial charge in [-0.2, -0.15) is 0 Å². The van der Waals surface area contributed by atoms with E-state index in [0.29, 0.717) is 32.0 Å². The van der Waals surface area contributed by atoms with Crippen LogP contribution in [0, 0.1) is 19.8 Å². The Labute approximate surface area is 154 Å². The van der Waals surface area contributed by atoms with Gasteiger partial charge in [0, 0.05) is 36.9 Å². The highest BCUT2D eigenvalue weighted by Crippen LogP contribution is 2.28. The summed E-state index contributed by atoms with van der Waals surface area (Å²) in [5.41, 5.74) is 1.11. The number of amides is 2. The minimum atomic E-state index is -0.0392. The van der Waals surface area contributed by atoms with Crippen LogP contribution in [0.3, 0.4) is 0 Å². The summed E-state index contributed by atoms with van der Waals surface area (Å²) in [5, 5.41) is 4.22. The van der Waals surface area contributed by atoms with Gasteiger partial charge in [-0.15, -0.1) is 11.3 Å². The zero-order valence-electron chi connectivity index (χ0n) is 15.3. The van der Waals surface area contributed by atoms with E-state index in [2.05, 4.69) is 17.2 Å². The van der Waals surface area contributed by atoms with Crippen molar-refractivity contribution < 1.29 is 9.59 Å². The van der Waals surface area contributed by atoms with Crippen LogP contribution in [-0.2, 0) is 16.0 Å². The number of nitrogens with one attached hydrogen (secondary N) is 1. The molecule has 2 fully saturated rings. The van der Waals surface area contributed by atoms with Gasteiger partial charge in [0.15, 0.2) is 0 Å². The molecule has 138 valence electrons. The summed E-state index contributed by atoms with van der Waals surface area (Å²) >= 11 is 1.75. The first-order valence-corrected chi connectivity index (χ1v) is 10.4. The molecular formula is C19H29N3O2S. The minimum absolute atomic E-state index is 0.0392. The molecule has 2 amide bonds. The fourth-order valence-electron chi connectivity index (χ4n) is 3.90. The third-order valence-electron chi connectivity index (χ3n) is 5.52. The van der Waals surface area contributed by atoms with Crippen molar-refractivity contribution in [2.45, 2.75) is 71.3 Å². The fraction of sp³-hybridized carbons (Fsp3) is 0.737. The Kier molecular flexibility index (Phi) is 6.10. The van der Waals surface area contributed by atoms with E-state index in [9.17, 15) is 9.59 Å². The van der Waals surface area contributed by atoms with Crippen LogP contribution in [0.1, 0.15) is 60.5 Å². The van der Waals surface area contributed by atoms with Gasteiger partial charge >= 0.3 is 0 Å². The maximum absolute atomic E-state index is 12.5. The number of aromatic nitrogens is 1. The van der Waals surface area contributed by atoms with Crippen LogP contribution in [-0.4, -0.2) is 40.8 Å². The highest BCUT2D eigenvalue weighted by molar-refractivity contribution is 7.11. The summed E-state index contributed by atoms with van der Waals surface area (Å²) in [6.07, 6.45) is 7.67. The third kappa shape index (κ3) is 4.60. The summed E-state index contributed by atoms with van der Waals surface area (Å²) in [5.74, 6) is 0.315. The lowest BCUT2D eigenvalue weighted by molar-refractivity contribution is -0.140. The molecule has 25 heavy (non-hydrogen) atoms. The third-order valence-corrected chi connectivity index (χ3v) is 6.65. The molecule has 1 saturated heterocycles. The number of piperidine rings is 1.